The van der Waals surface area contributed by atoms with Crippen LogP contribution in [0.25, 0.3) is 0 Å². The fraction of sp³-hybridized carbons (Fsp3) is 0.824. The Bertz CT molecular complexity index is 452. The van der Waals surface area contributed by atoms with Gasteiger partial charge in [-0.05, 0) is 51.9 Å². The van der Waals surface area contributed by atoms with Gasteiger partial charge in [0.05, 0.1) is 16.3 Å². The first-order chi connectivity index (χ1) is 9.78. The van der Waals surface area contributed by atoms with E-state index < -0.39 is 0 Å². The second-order valence-electron chi connectivity index (χ2n) is 7.22. The number of ether oxygens (including phenoxy) is 1. The smallest absolute Gasteiger partial charge is 0.0947 e. The minimum atomic E-state index is -0.155. The SMILES string of the molecule is CCOC1(C(N)Cc2nc(C)c(C)s2)CCC(C)(C)CC1. The van der Waals surface area contributed by atoms with Crippen LogP contribution in [0.3, 0.4) is 0 Å². The molecule has 1 atom stereocenters. The van der Waals surface area contributed by atoms with Gasteiger partial charge in [-0.15, -0.1) is 11.3 Å². The third-order valence-corrected chi connectivity index (χ3v) is 6.12. The van der Waals surface area contributed by atoms with Crippen LogP contribution in [0.15, 0.2) is 0 Å². The van der Waals surface area contributed by atoms with Crippen molar-refractivity contribution in [1.82, 2.24) is 4.98 Å². The summed E-state index contributed by atoms with van der Waals surface area (Å²) in [6.45, 7) is 11.7. The van der Waals surface area contributed by atoms with Crippen LogP contribution >= 0.6 is 11.3 Å². The molecule has 0 aromatic carbocycles. The molecule has 1 aromatic heterocycles. The predicted octanol–water partition coefficient (Wildman–Crippen LogP) is 4.01. The molecule has 0 bridgehead atoms. The quantitative estimate of drug-likeness (QED) is 0.894. The molecule has 1 aromatic rings. The van der Waals surface area contributed by atoms with Gasteiger partial charge in [-0.25, -0.2) is 4.98 Å². The van der Waals surface area contributed by atoms with Crippen molar-refractivity contribution in [2.75, 3.05) is 6.61 Å². The monoisotopic (exact) mass is 310 g/mol. The minimum Gasteiger partial charge on any atom is -0.374 e. The second kappa shape index (κ2) is 6.35. The normalized spacial score (nSPS) is 22.2. The largest absolute Gasteiger partial charge is 0.374 e. The molecule has 120 valence electrons. The maximum atomic E-state index is 6.59. The summed E-state index contributed by atoms with van der Waals surface area (Å²) in [6, 6.07) is 0.0403. The highest BCUT2D eigenvalue weighted by Crippen LogP contribution is 2.43. The molecule has 1 heterocycles. The molecule has 1 fully saturated rings. The summed E-state index contributed by atoms with van der Waals surface area (Å²) in [4.78, 5) is 5.95. The van der Waals surface area contributed by atoms with E-state index in [4.69, 9.17) is 10.5 Å². The van der Waals surface area contributed by atoms with Gasteiger partial charge in [0, 0.05) is 23.9 Å². The Morgan fingerprint density at radius 1 is 1.24 bits per heavy atom. The molecule has 2 rings (SSSR count). The van der Waals surface area contributed by atoms with Crippen LogP contribution in [0.2, 0.25) is 0 Å². The van der Waals surface area contributed by atoms with Gasteiger partial charge in [-0.3, -0.25) is 0 Å². The molecule has 3 nitrogen and oxygen atoms in total. The highest BCUT2D eigenvalue weighted by molar-refractivity contribution is 7.11. The Hall–Kier alpha value is -0.450. The molecule has 21 heavy (non-hydrogen) atoms. The van der Waals surface area contributed by atoms with E-state index in [1.807, 2.05) is 0 Å². The first-order valence-corrected chi connectivity index (χ1v) is 8.92. The van der Waals surface area contributed by atoms with Gasteiger partial charge in [0.15, 0.2) is 0 Å². The first-order valence-electron chi connectivity index (χ1n) is 8.10. The Labute approximate surface area is 133 Å². The van der Waals surface area contributed by atoms with Crippen molar-refractivity contribution < 1.29 is 4.74 Å². The highest BCUT2D eigenvalue weighted by Gasteiger charge is 2.43. The zero-order chi connectivity index (χ0) is 15.7. The lowest BCUT2D eigenvalue weighted by Crippen LogP contribution is -2.54. The molecule has 0 aliphatic heterocycles. The van der Waals surface area contributed by atoms with Crippen molar-refractivity contribution in [1.29, 1.82) is 0 Å². The van der Waals surface area contributed by atoms with Crippen LogP contribution in [0, 0.1) is 19.3 Å². The van der Waals surface area contributed by atoms with Crippen LogP contribution in [0.1, 0.15) is 62.0 Å². The molecule has 1 unspecified atom stereocenters. The van der Waals surface area contributed by atoms with Gasteiger partial charge in [-0.1, -0.05) is 13.8 Å². The van der Waals surface area contributed by atoms with Crippen molar-refractivity contribution in [2.24, 2.45) is 11.1 Å². The summed E-state index contributed by atoms with van der Waals surface area (Å²) in [6.07, 6.45) is 5.35. The number of thiazole rings is 1. The number of hydrogen-bond acceptors (Lipinski definition) is 4. The summed E-state index contributed by atoms with van der Waals surface area (Å²) >= 11 is 1.78. The van der Waals surface area contributed by atoms with Crippen LogP contribution in [-0.2, 0) is 11.2 Å². The fourth-order valence-electron chi connectivity index (χ4n) is 3.26. The zero-order valence-electron chi connectivity index (χ0n) is 14.2. The minimum absolute atomic E-state index is 0.0403. The number of hydrogen-bond donors (Lipinski definition) is 1. The van der Waals surface area contributed by atoms with Crippen LogP contribution in [-0.4, -0.2) is 23.2 Å². The average Bonchev–Trinajstić information content (AvgIpc) is 2.71. The van der Waals surface area contributed by atoms with E-state index in [2.05, 4.69) is 39.6 Å². The molecule has 1 saturated carbocycles. The van der Waals surface area contributed by atoms with Crippen molar-refractivity contribution >= 4 is 11.3 Å². The van der Waals surface area contributed by atoms with Crippen molar-refractivity contribution in [3.05, 3.63) is 15.6 Å². The molecular weight excluding hydrogens is 280 g/mol. The third kappa shape index (κ3) is 3.85. The standard InChI is InChI=1S/C17H30N2OS/c1-6-20-17(9-7-16(4,5)8-10-17)14(18)11-15-19-12(2)13(3)21-15/h14H,6-11,18H2,1-5H3. The van der Waals surface area contributed by atoms with E-state index in [0.29, 0.717) is 5.41 Å². The van der Waals surface area contributed by atoms with Crippen molar-refractivity contribution in [3.63, 3.8) is 0 Å². The molecule has 4 heteroatoms. The molecule has 0 radical (unpaired) electrons. The summed E-state index contributed by atoms with van der Waals surface area (Å²) in [5.74, 6) is 0. The van der Waals surface area contributed by atoms with Gasteiger partial charge in [0.25, 0.3) is 0 Å². The van der Waals surface area contributed by atoms with Crippen molar-refractivity contribution in [2.45, 2.75) is 78.4 Å². The Balaban J connectivity index is 2.10. The number of aromatic nitrogens is 1. The summed E-state index contributed by atoms with van der Waals surface area (Å²) in [5, 5.41) is 1.15. The van der Waals surface area contributed by atoms with Gasteiger partial charge < -0.3 is 10.5 Å². The van der Waals surface area contributed by atoms with E-state index in [0.717, 1.165) is 36.6 Å². The predicted molar refractivity (Wildman–Crippen MR) is 89.9 cm³/mol. The summed E-state index contributed by atoms with van der Waals surface area (Å²) in [7, 11) is 0. The number of rotatable bonds is 5. The Kier molecular flexibility index (Phi) is 5.11. The molecule has 1 aliphatic carbocycles. The van der Waals surface area contributed by atoms with Crippen LogP contribution in [0.4, 0.5) is 0 Å². The molecule has 2 N–H and O–H groups in total. The number of nitrogens with zero attached hydrogens (tertiary/aromatic N) is 1. The van der Waals surface area contributed by atoms with E-state index in [-0.39, 0.29) is 11.6 Å². The maximum absolute atomic E-state index is 6.59. The molecule has 0 saturated heterocycles. The summed E-state index contributed by atoms with van der Waals surface area (Å²) < 4.78 is 6.19. The van der Waals surface area contributed by atoms with Crippen LogP contribution in [0.5, 0.6) is 0 Å². The fourth-order valence-corrected chi connectivity index (χ4v) is 4.25. The van der Waals surface area contributed by atoms with Gasteiger partial charge in [0.2, 0.25) is 0 Å². The second-order valence-corrected chi connectivity index (χ2v) is 8.51. The molecule has 1 aliphatic rings. The highest BCUT2D eigenvalue weighted by atomic mass is 32.1. The Morgan fingerprint density at radius 2 is 1.86 bits per heavy atom. The van der Waals surface area contributed by atoms with E-state index in [1.165, 1.54) is 17.7 Å². The Morgan fingerprint density at radius 3 is 2.33 bits per heavy atom. The maximum Gasteiger partial charge on any atom is 0.0947 e. The van der Waals surface area contributed by atoms with Crippen LogP contribution < -0.4 is 5.73 Å². The molecule has 0 amide bonds. The van der Waals surface area contributed by atoms with Gasteiger partial charge in [-0.2, -0.15) is 0 Å². The summed E-state index contributed by atoms with van der Waals surface area (Å²) in [5.41, 5.74) is 8.00. The number of nitrogens with two attached hydrogens (primary N) is 1. The van der Waals surface area contributed by atoms with E-state index in [1.54, 1.807) is 11.3 Å². The molecular formula is C17H30N2OS. The lowest BCUT2D eigenvalue weighted by atomic mass is 9.68. The number of aryl methyl sites for hydroxylation is 2. The van der Waals surface area contributed by atoms with Gasteiger partial charge >= 0.3 is 0 Å². The zero-order valence-corrected chi connectivity index (χ0v) is 15.0. The third-order valence-electron chi connectivity index (χ3n) is 5.02. The average molecular weight is 311 g/mol. The molecule has 0 spiro atoms. The van der Waals surface area contributed by atoms with Crippen molar-refractivity contribution in [3.8, 4) is 0 Å². The van der Waals surface area contributed by atoms with Gasteiger partial charge in [0.1, 0.15) is 0 Å². The topological polar surface area (TPSA) is 48.1 Å². The first kappa shape index (κ1) is 16.9. The lowest BCUT2D eigenvalue weighted by Gasteiger charge is -2.46. The van der Waals surface area contributed by atoms with E-state index >= 15 is 0 Å². The lowest BCUT2D eigenvalue weighted by molar-refractivity contribution is -0.0987. The van der Waals surface area contributed by atoms with E-state index in [9.17, 15) is 0 Å².